The summed E-state index contributed by atoms with van der Waals surface area (Å²) < 4.78 is 11.7. The van der Waals surface area contributed by atoms with Crippen molar-refractivity contribution < 1.29 is 19.1 Å². The number of ketones is 1. The minimum atomic E-state index is -0.496. The fourth-order valence-electron chi connectivity index (χ4n) is 4.47. The summed E-state index contributed by atoms with van der Waals surface area (Å²) in [6.45, 7) is 12.5. The van der Waals surface area contributed by atoms with Crippen LogP contribution in [0.4, 0.5) is 0 Å². The molecule has 0 saturated carbocycles. The molecule has 1 aromatic rings. The first-order valence-corrected chi connectivity index (χ1v) is 11.3. The van der Waals surface area contributed by atoms with E-state index in [-0.39, 0.29) is 17.3 Å². The SMILES string of the molecule is CCCCOc1ccccc1[C@@H]1C(C(=O)OC(C)C)=C(C)NC2=C1C(=O)CC(C)(C)C2. The second-order valence-corrected chi connectivity index (χ2v) is 9.62. The first-order chi connectivity index (χ1) is 14.6. The summed E-state index contributed by atoms with van der Waals surface area (Å²) in [6, 6.07) is 7.74. The second kappa shape index (κ2) is 9.29. The Bertz CT molecular complexity index is 923. The highest BCUT2D eigenvalue weighted by Gasteiger charge is 2.44. The van der Waals surface area contributed by atoms with Gasteiger partial charge in [0.1, 0.15) is 5.75 Å². The molecule has 0 aromatic heterocycles. The van der Waals surface area contributed by atoms with Crippen LogP contribution in [0.1, 0.15) is 78.7 Å². The number of rotatable bonds is 7. The van der Waals surface area contributed by atoms with Gasteiger partial charge in [-0.3, -0.25) is 4.79 Å². The predicted octanol–water partition coefficient (Wildman–Crippen LogP) is 5.42. The highest BCUT2D eigenvalue weighted by atomic mass is 16.5. The number of carbonyl (C=O) groups excluding carboxylic acids is 2. The summed E-state index contributed by atoms with van der Waals surface area (Å²) in [6.07, 6.45) is 2.94. The topological polar surface area (TPSA) is 64.6 Å². The molecule has 0 bridgehead atoms. The van der Waals surface area contributed by atoms with Crippen molar-refractivity contribution in [2.75, 3.05) is 6.61 Å². The fraction of sp³-hybridized carbons (Fsp3) is 0.538. The maximum atomic E-state index is 13.4. The molecule has 1 atom stereocenters. The van der Waals surface area contributed by atoms with Crippen molar-refractivity contribution in [1.82, 2.24) is 5.32 Å². The van der Waals surface area contributed by atoms with E-state index in [9.17, 15) is 9.59 Å². The number of hydrogen-bond donors (Lipinski definition) is 1. The lowest BCUT2D eigenvalue weighted by Crippen LogP contribution is -2.39. The van der Waals surface area contributed by atoms with Gasteiger partial charge in [-0.2, -0.15) is 0 Å². The van der Waals surface area contributed by atoms with Crippen LogP contribution >= 0.6 is 0 Å². The first kappa shape index (κ1) is 23.1. The summed E-state index contributed by atoms with van der Waals surface area (Å²) in [5.74, 6) is -0.0917. The third-order valence-electron chi connectivity index (χ3n) is 5.79. The lowest BCUT2D eigenvalue weighted by molar-refractivity contribution is -0.143. The van der Waals surface area contributed by atoms with Gasteiger partial charge in [-0.1, -0.05) is 45.4 Å². The largest absolute Gasteiger partial charge is 0.493 e. The molecule has 1 N–H and O–H groups in total. The van der Waals surface area contributed by atoms with Crippen LogP contribution in [0.5, 0.6) is 5.75 Å². The molecule has 0 amide bonds. The van der Waals surface area contributed by atoms with Crippen LogP contribution in [-0.4, -0.2) is 24.5 Å². The molecule has 168 valence electrons. The normalized spacial score (nSPS) is 20.5. The molecule has 0 saturated heterocycles. The van der Waals surface area contributed by atoms with Crippen molar-refractivity contribution in [2.24, 2.45) is 5.41 Å². The highest BCUT2D eigenvalue weighted by molar-refractivity contribution is 6.04. The summed E-state index contributed by atoms with van der Waals surface area (Å²) in [5, 5.41) is 3.38. The van der Waals surface area contributed by atoms with E-state index in [2.05, 4.69) is 26.1 Å². The van der Waals surface area contributed by atoms with E-state index in [1.807, 2.05) is 45.0 Å². The van der Waals surface area contributed by atoms with E-state index in [1.165, 1.54) is 0 Å². The van der Waals surface area contributed by atoms with Gasteiger partial charge in [0.25, 0.3) is 0 Å². The second-order valence-electron chi connectivity index (χ2n) is 9.62. The molecule has 0 unspecified atom stereocenters. The van der Waals surface area contributed by atoms with Crippen LogP contribution in [0.3, 0.4) is 0 Å². The van der Waals surface area contributed by atoms with Gasteiger partial charge < -0.3 is 14.8 Å². The van der Waals surface area contributed by atoms with Gasteiger partial charge in [-0.05, 0) is 45.1 Å². The third kappa shape index (κ3) is 5.03. The average molecular weight is 426 g/mol. The van der Waals surface area contributed by atoms with Gasteiger partial charge in [0.05, 0.1) is 24.2 Å². The van der Waals surface area contributed by atoms with E-state index in [0.29, 0.717) is 24.2 Å². The Morgan fingerprint density at radius 1 is 1.23 bits per heavy atom. The number of para-hydroxylation sites is 1. The number of unbranched alkanes of at least 4 members (excludes halogenated alkanes) is 1. The van der Waals surface area contributed by atoms with Gasteiger partial charge in [-0.25, -0.2) is 4.79 Å². The van der Waals surface area contributed by atoms with E-state index >= 15 is 0 Å². The first-order valence-electron chi connectivity index (χ1n) is 11.3. The van der Waals surface area contributed by atoms with E-state index in [4.69, 9.17) is 9.47 Å². The molecule has 1 aromatic carbocycles. The number of ether oxygens (including phenoxy) is 2. The third-order valence-corrected chi connectivity index (χ3v) is 5.79. The maximum absolute atomic E-state index is 13.4. The van der Waals surface area contributed by atoms with Gasteiger partial charge >= 0.3 is 5.97 Å². The van der Waals surface area contributed by atoms with E-state index in [0.717, 1.165) is 42.0 Å². The number of nitrogens with one attached hydrogen (secondary N) is 1. The zero-order chi connectivity index (χ0) is 22.8. The molecule has 5 nitrogen and oxygen atoms in total. The smallest absolute Gasteiger partial charge is 0.337 e. The molecule has 0 spiro atoms. The Kier molecular flexibility index (Phi) is 6.93. The zero-order valence-corrected chi connectivity index (χ0v) is 19.6. The van der Waals surface area contributed by atoms with Gasteiger partial charge in [0.15, 0.2) is 5.78 Å². The molecule has 5 heteroatoms. The minimum Gasteiger partial charge on any atom is -0.493 e. The van der Waals surface area contributed by atoms with Crippen LogP contribution < -0.4 is 10.1 Å². The van der Waals surface area contributed by atoms with Gasteiger partial charge in [0, 0.05) is 29.0 Å². The molecular formula is C26H35NO4. The quantitative estimate of drug-likeness (QED) is 0.467. The van der Waals surface area contributed by atoms with Crippen molar-refractivity contribution in [3.63, 3.8) is 0 Å². The molecule has 0 radical (unpaired) electrons. The molecule has 0 fully saturated rings. The molecular weight excluding hydrogens is 390 g/mol. The number of dihydropyridines is 1. The highest BCUT2D eigenvalue weighted by Crippen LogP contribution is 2.48. The lowest BCUT2D eigenvalue weighted by Gasteiger charge is -2.39. The number of hydrogen-bond acceptors (Lipinski definition) is 5. The van der Waals surface area contributed by atoms with Crippen molar-refractivity contribution in [1.29, 1.82) is 0 Å². The zero-order valence-electron chi connectivity index (χ0n) is 19.6. The molecule has 3 rings (SSSR count). The average Bonchev–Trinajstić information content (AvgIpc) is 2.65. The number of carbonyl (C=O) groups is 2. The van der Waals surface area contributed by atoms with Crippen molar-refractivity contribution in [3.05, 3.63) is 52.4 Å². The predicted molar refractivity (Wildman–Crippen MR) is 122 cm³/mol. The van der Waals surface area contributed by atoms with Gasteiger partial charge in [-0.15, -0.1) is 0 Å². The van der Waals surface area contributed by atoms with Crippen molar-refractivity contribution in [2.45, 2.75) is 79.2 Å². The summed E-state index contributed by atoms with van der Waals surface area (Å²) in [4.78, 5) is 26.6. The Labute approximate surface area is 185 Å². The molecule has 1 aliphatic carbocycles. The number of benzene rings is 1. The molecule has 1 aliphatic heterocycles. The van der Waals surface area contributed by atoms with Crippen molar-refractivity contribution in [3.8, 4) is 5.75 Å². The summed E-state index contributed by atoms with van der Waals surface area (Å²) in [7, 11) is 0. The monoisotopic (exact) mass is 425 g/mol. The Hall–Kier alpha value is -2.56. The maximum Gasteiger partial charge on any atom is 0.337 e. The van der Waals surface area contributed by atoms with Crippen LogP contribution in [-0.2, 0) is 14.3 Å². The number of allylic oxidation sites excluding steroid dienone is 3. The van der Waals surface area contributed by atoms with Crippen molar-refractivity contribution >= 4 is 11.8 Å². The fourth-order valence-corrected chi connectivity index (χ4v) is 4.47. The lowest BCUT2D eigenvalue weighted by atomic mass is 9.68. The summed E-state index contributed by atoms with van der Waals surface area (Å²) in [5.41, 5.74) is 3.53. The Morgan fingerprint density at radius 2 is 1.94 bits per heavy atom. The molecule has 1 heterocycles. The minimum absolute atomic E-state index is 0.0782. The van der Waals surface area contributed by atoms with Crippen LogP contribution in [0, 0.1) is 5.41 Å². The molecule has 31 heavy (non-hydrogen) atoms. The Balaban J connectivity index is 2.15. The summed E-state index contributed by atoms with van der Waals surface area (Å²) >= 11 is 0. The van der Waals surface area contributed by atoms with E-state index < -0.39 is 11.9 Å². The van der Waals surface area contributed by atoms with Gasteiger partial charge in [0.2, 0.25) is 0 Å². The van der Waals surface area contributed by atoms with E-state index in [1.54, 1.807) is 0 Å². The Morgan fingerprint density at radius 3 is 2.61 bits per heavy atom. The van der Waals surface area contributed by atoms with Crippen LogP contribution in [0.15, 0.2) is 46.8 Å². The number of esters is 1. The van der Waals surface area contributed by atoms with Crippen LogP contribution in [0.25, 0.3) is 0 Å². The standard InChI is InChI=1S/C26H35NO4/c1-7-8-13-30-21-12-10-9-11-18(21)23-22(25(29)31-16(2)3)17(4)27-19-14-26(5,6)15-20(28)24(19)23/h9-12,16,23,27H,7-8,13-15H2,1-6H3/t23-/m1/s1. The number of Topliss-reactive ketones (excluding diaryl/α,β-unsaturated/α-hetero) is 1. The van der Waals surface area contributed by atoms with Crippen LogP contribution in [0.2, 0.25) is 0 Å². The molecule has 2 aliphatic rings.